The fourth-order valence-electron chi connectivity index (χ4n) is 1.69. The Morgan fingerprint density at radius 1 is 1.48 bits per heavy atom. The molecule has 0 heterocycles. The molecule has 0 spiro atoms. The molecule has 0 aliphatic carbocycles. The second-order valence-electron chi connectivity index (χ2n) is 4.62. The molecular weight excluding hydrogens is 341 g/mol. The van der Waals surface area contributed by atoms with Crippen molar-refractivity contribution in [2.75, 3.05) is 13.1 Å². The van der Waals surface area contributed by atoms with Gasteiger partial charge in [0, 0.05) is 29.2 Å². The molecule has 0 aromatic heterocycles. The molecule has 0 saturated heterocycles. The molecule has 0 bridgehead atoms. The molecule has 0 saturated carbocycles. The summed E-state index contributed by atoms with van der Waals surface area (Å²) in [4.78, 5) is 24.2. The number of carbonyl (C=O) groups is 2. The Kier molecular flexibility index (Phi) is 6.55. The number of carboxylic acid groups (broad SMARTS) is 1. The van der Waals surface area contributed by atoms with Gasteiger partial charge in [0.15, 0.2) is 0 Å². The molecule has 0 aliphatic heterocycles. The molecule has 6 heteroatoms. The van der Waals surface area contributed by atoms with Crippen LogP contribution in [-0.2, 0) is 9.59 Å². The third kappa shape index (κ3) is 5.30. The summed E-state index contributed by atoms with van der Waals surface area (Å²) in [6.45, 7) is 3.81. The molecule has 1 aromatic carbocycles. The molecule has 1 unspecified atom stereocenters. The highest BCUT2D eigenvalue weighted by Crippen LogP contribution is 2.17. The average Bonchev–Trinajstić information content (AvgIpc) is 2.44. The van der Waals surface area contributed by atoms with Crippen molar-refractivity contribution < 1.29 is 19.1 Å². The first kappa shape index (κ1) is 17.4. The van der Waals surface area contributed by atoms with E-state index in [1.165, 1.54) is 30.0 Å². The molecule has 114 valence electrons. The third-order valence-corrected chi connectivity index (χ3v) is 3.47. The van der Waals surface area contributed by atoms with Crippen LogP contribution >= 0.6 is 15.9 Å². The van der Waals surface area contributed by atoms with Crippen LogP contribution in [0.3, 0.4) is 0 Å². The van der Waals surface area contributed by atoms with Gasteiger partial charge in [0.25, 0.3) is 0 Å². The summed E-state index contributed by atoms with van der Waals surface area (Å²) in [7, 11) is 0. The molecular formula is C15H17BrFNO3. The van der Waals surface area contributed by atoms with E-state index in [0.29, 0.717) is 16.6 Å². The van der Waals surface area contributed by atoms with E-state index >= 15 is 0 Å². The van der Waals surface area contributed by atoms with E-state index in [1.807, 2.05) is 0 Å². The van der Waals surface area contributed by atoms with Crippen molar-refractivity contribution >= 4 is 33.9 Å². The quantitative estimate of drug-likeness (QED) is 0.795. The van der Waals surface area contributed by atoms with E-state index in [4.69, 9.17) is 5.11 Å². The van der Waals surface area contributed by atoms with E-state index in [9.17, 15) is 14.0 Å². The maximum Gasteiger partial charge on any atom is 0.308 e. The lowest BCUT2D eigenvalue weighted by atomic mass is 10.1. The predicted molar refractivity (Wildman–Crippen MR) is 82.2 cm³/mol. The lowest BCUT2D eigenvalue weighted by Crippen LogP contribution is -2.35. The van der Waals surface area contributed by atoms with Crippen LogP contribution in [0.2, 0.25) is 0 Å². The van der Waals surface area contributed by atoms with Gasteiger partial charge in [0.1, 0.15) is 5.82 Å². The summed E-state index contributed by atoms with van der Waals surface area (Å²) >= 11 is 3.23. The van der Waals surface area contributed by atoms with Crippen molar-refractivity contribution in [3.63, 3.8) is 0 Å². The zero-order valence-corrected chi connectivity index (χ0v) is 13.4. The van der Waals surface area contributed by atoms with E-state index < -0.39 is 17.7 Å². The molecule has 0 fully saturated rings. The number of carboxylic acids is 1. The van der Waals surface area contributed by atoms with E-state index in [2.05, 4.69) is 15.9 Å². The molecule has 21 heavy (non-hydrogen) atoms. The lowest BCUT2D eigenvalue weighted by molar-refractivity contribution is -0.142. The first-order chi connectivity index (χ1) is 9.85. The number of rotatable bonds is 6. The normalized spacial score (nSPS) is 12.4. The van der Waals surface area contributed by atoms with Crippen LogP contribution < -0.4 is 0 Å². The standard InChI is InChI=1S/C15H17BrFNO3/c1-3-18(9-10(2)15(20)21)14(19)7-4-11-8-12(16)5-6-13(11)17/h4-8,10H,3,9H2,1-2H3,(H,20,21). The molecule has 1 atom stereocenters. The van der Waals surface area contributed by atoms with E-state index in [-0.39, 0.29) is 12.5 Å². The van der Waals surface area contributed by atoms with Crippen LogP contribution in [0.15, 0.2) is 28.7 Å². The van der Waals surface area contributed by atoms with Gasteiger partial charge in [-0.15, -0.1) is 0 Å². The van der Waals surface area contributed by atoms with Gasteiger partial charge in [-0.25, -0.2) is 4.39 Å². The molecule has 0 aliphatic rings. The Balaban J connectivity index is 2.80. The van der Waals surface area contributed by atoms with Gasteiger partial charge in [-0.3, -0.25) is 9.59 Å². The lowest BCUT2D eigenvalue weighted by Gasteiger charge is -2.21. The maximum atomic E-state index is 13.5. The van der Waals surface area contributed by atoms with Crippen LogP contribution in [0.5, 0.6) is 0 Å². The summed E-state index contributed by atoms with van der Waals surface area (Å²) in [5.41, 5.74) is 0.292. The molecule has 1 aromatic rings. The molecule has 1 amide bonds. The molecule has 1 rings (SSSR count). The van der Waals surface area contributed by atoms with E-state index in [1.54, 1.807) is 19.1 Å². The smallest absolute Gasteiger partial charge is 0.308 e. The van der Waals surface area contributed by atoms with Crippen LogP contribution in [0.4, 0.5) is 4.39 Å². The van der Waals surface area contributed by atoms with Crippen LogP contribution in [0.1, 0.15) is 19.4 Å². The van der Waals surface area contributed by atoms with Crippen molar-refractivity contribution in [3.8, 4) is 0 Å². The monoisotopic (exact) mass is 357 g/mol. The van der Waals surface area contributed by atoms with Gasteiger partial charge in [-0.05, 0) is 31.2 Å². The Morgan fingerprint density at radius 3 is 2.71 bits per heavy atom. The number of halogens is 2. The Morgan fingerprint density at radius 2 is 2.14 bits per heavy atom. The summed E-state index contributed by atoms with van der Waals surface area (Å²) in [6.07, 6.45) is 2.64. The van der Waals surface area contributed by atoms with Crippen LogP contribution in [0.25, 0.3) is 6.08 Å². The number of amides is 1. The summed E-state index contributed by atoms with van der Waals surface area (Å²) in [5.74, 6) is -2.37. The molecule has 0 radical (unpaired) electrons. The number of likely N-dealkylation sites (N-methyl/N-ethyl adjacent to an activating group) is 1. The first-order valence-corrected chi connectivity index (χ1v) is 7.29. The van der Waals surface area contributed by atoms with Crippen molar-refractivity contribution in [2.24, 2.45) is 5.92 Å². The van der Waals surface area contributed by atoms with Crippen molar-refractivity contribution in [2.45, 2.75) is 13.8 Å². The van der Waals surface area contributed by atoms with Gasteiger partial charge in [0.2, 0.25) is 5.91 Å². The molecule has 4 nitrogen and oxygen atoms in total. The minimum Gasteiger partial charge on any atom is -0.481 e. The topological polar surface area (TPSA) is 57.6 Å². The van der Waals surface area contributed by atoms with E-state index in [0.717, 1.165) is 0 Å². The van der Waals surface area contributed by atoms with Gasteiger partial charge < -0.3 is 10.0 Å². The van der Waals surface area contributed by atoms with Gasteiger partial charge >= 0.3 is 5.97 Å². The zero-order valence-electron chi connectivity index (χ0n) is 11.8. The summed E-state index contributed by atoms with van der Waals surface area (Å²) in [5, 5.41) is 8.87. The fraction of sp³-hybridized carbons (Fsp3) is 0.333. The second-order valence-corrected chi connectivity index (χ2v) is 5.53. The number of benzene rings is 1. The SMILES string of the molecule is CCN(CC(C)C(=O)O)C(=O)C=Cc1cc(Br)ccc1F. The zero-order chi connectivity index (χ0) is 16.0. The number of aliphatic carboxylic acids is 1. The highest BCUT2D eigenvalue weighted by molar-refractivity contribution is 9.10. The first-order valence-electron chi connectivity index (χ1n) is 6.50. The summed E-state index contributed by atoms with van der Waals surface area (Å²) < 4.78 is 14.3. The van der Waals surface area contributed by atoms with Gasteiger partial charge in [-0.2, -0.15) is 0 Å². The average molecular weight is 358 g/mol. The predicted octanol–water partition coefficient (Wildman–Crippen LogP) is 3.17. The number of hydrogen-bond donors (Lipinski definition) is 1. The number of hydrogen-bond acceptors (Lipinski definition) is 2. The highest BCUT2D eigenvalue weighted by atomic mass is 79.9. The highest BCUT2D eigenvalue weighted by Gasteiger charge is 2.17. The second kappa shape index (κ2) is 7.93. The van der Waals surface area contributed by atoms with Crippen molar-refractivity contribution in [3.05, 3.63) is 40.1 Å². The Bertz CT molecular complexity index is 560. The number of nitrogens with zero attached hydrogens (tertiary/aromatic N) is 1. The van der Waals surface area contributed by atoms with Crippen molar-refractivity contribution in [1.29, 1.82) is 0 Å². The van der Waals surface area contributed by atoms with Gasteiger partial charge in [-0.1, -0.05) is 22.9 Å². The largest absolute Gasteiger partial charge is 0.481 e. The van der Waals surface area contributed by atoms with Crippen LogP contribution in [0, 0.1) is 11.7 Å². The minimum absolute atomic E-state index is 0.121. The Labute approximate surface area is 131 Å². The fourth-order valence-corrected chi connectivity index (χ4v) is 2.07. The van der Waals surface area contributed by atoms with Gasteiger partial charge in [0.05, 0.1) is 5.92 Å². The summed E-state index contributed by atoms with van der Waals surface area (Å²) in [6, 6.07) is 4.44. The maximum absolute atomic E-state index is 13.5. The number of carbonyl (C=O) groups excluding carboxylic acids is 1. The molecule has 1 N–H and O–H groups in total. The van der Waals surface area contributed by atoms with Crippen molar-refractivity contribution in [1.82, 2.24) is 4.90 Å². The van der Waals surface area contributed by atoms with Crippen LogP contribution in [-0.4, -0.2) is 35.0 Å². The Hall–Kier alpha value is -1.69. The minimum atomic E-state index is -0.955. The third-order valence-electron chi connectivity index (χ3n) is 2.97.